The second kappa shape index (κ2) is 7.97. The van der Waals surface area contributed by atoms with Gasteiger partial charge in [0, 0.05) is 0 Å². The maximum Gasteiger partial charge on any atom is 0.348 e. The molecule has 0 radical (unpaired) electrons. The van der Waals surface area contributed by atoms with Crippen molar-refractivity contribution in [1.29, 1.82) is 5.26 Å². The molecule has 0 aliphatic heterocycles. The monoisotopic (exact) mass is 367 g/mol. The Morgan fingerprint density at radius 3 is 2.87 bits per heavy atom. The van der Waals surface area contributed by atoms with E-state index in [9.17, 15) is 4.79 Å². The molecule has 1 aromatic heterocycles. The third-order valence-corrected chi connectivity index (χ3v) is 4.26. The van der Waals surface area contributed by atoms with Crippen LogP contribution in [0.5, 0.6) is 0 Å². The second-order valence-electron chi connectivity index (χ2n) is 4.17. The molecule has 0 bridgehead atoms. The molecule has 0 saturated heterocycles. The number of anilines is 2. The highest BCUT2D eigenvalue weighted by molar-refractivity contribution is 7.17. The molecular weight excluding hydrogens is 357 g/mol. The molecule has 2 rings (SSSR count). The van der Waals surface area contributed by atoms with Crippen LogP contribution in [-0.4, -0.2) is 17.6 Å². The number of halogens is 2. The van der Waals surface area contributed by atoms with Crippen molar-refractivity contribution < 1.29 is 9.53 Å². The first-order valence-corrected chi connectivity index (χ1v) is 8.09. The van der Waals surface area contributed by atoms with Crippen LogP contribution in [0.3, 0.4) is 0 Å². The van der Waals surface area contributed by atoms with E-state index in [1.807, 2.05) is 12.1 Å². The van der Waals surface area contributed by atoms with Crippen LogP contribution < -0.4 is 5.32 Å². The van der Waals surface area contributed by atoms with Gasteiger partial charge in [0.1, 0.15) is 16.8 Å². The molecule has 0 spiro atoms. The van der Waals surface area contributed by atoms with Crippen LogP contribution >= 0.6 is 34.5 Å². The molecule has 1 heterocycles. The zero-order valence-electron chi connectivity index (χ0n) is 12.0. The number of hydrogen-bond donors (Lipinski definition) is 1. The molecule has 23 heavy (non-hydrogen) atoms. The Kier molecular flexibility index (Phi) is 5.99. The Labute approximate surface area is 147 Å². The van der Waals surface area contributed by atoms with Gasteiger partial charge in [0.05, 0.1) is 22.2 Å². The van der Waals surface area contributed by atoms with Crippen LogP contribution in [0.2, 0.25) is 10.2 Å². The molecule has 0 aliphatic rings. The number of hydrogen-bond acceptors (Lipinski definition) is 6. The fourth-order valence-corrected chi connectivity index (χ4v) is 2.91. The first-order valence-electron chi connectivity index (χ1n) is 6.52. The number of nitrogens with one attached hydrogen (secondary N) is 1. The highest BCUT2D eigenvalue weighted by atomic mass is 35.5. The number of nitriles is 1. The average Bonchev–Trinajstić information content (AvgIpc) is 2.87. The van der Waals surface area contributed by atoms with Gasteiger partial charge >= 0.3 is 5.97 Å². The van der Waals surface area contributed by atoms with Gasteiger partial charge in [0.25, 0.3) is 0 Å². The number of nitrogens with zero attached hydrogens (tertiary/aromatic N) is 2. The zero-order valence-corrected chi connectivity index (χ0v) is 14.3. The Hall–Kier alpha value is -2.07. The van der Waals surface area contributed by atoms with E-state index >= 15 is 0 Å². The Balaban J connectivity index is 2.26. The third-order valence-electron chi connectivity index (χ3n) is 2.62. The quantitative estimate of drug-likeness (QED) is 0.472. The number of carbonyl (C=O) groups is 1. The summed E-state index contributed by atoms with van der Waals surface area (Å²) in [6, 6.07) is 8.98. The first kappa shape index (κ1) is 17.3. The molecule has 0 unspecified atom stereocenters. The Morgan fingerprint density at radius 1 is 1.48 bits per heavy atom. The maximum atomic E-state index is 11.6. The number of esters is 1. The van der Waals surface area contributed by atoms with Crippen LogP contribution in [0.1, 0.15) is 11.8 Å². The van der Waals surface area contributed by atoms with Crippen molar-refractivity contribution in [3.05, 3.63) is 44.9 Å². The van der Waals surface area contributed by atoms with Gasteiger partial charge in [-0.25, -0.2) is 9.78 Å². The summed E-state index contributed by atoms with van der Waals surface area (Å²) in [5, 5.41) is 13.3. The van der Waals surface area contributed by atoms with E-state index in [0.717, 1.165) is 0 Å². The highest BCUT2D eigenvalue weighted by Gasteiger charge is 2.14. The first-order chi connectivity index (χ1) is 11.0. The lowest BCUT2D eigenvalue weighted by Crippen LogP contribution is -2.05. The van der Waals surface area contributed by atoms with Crippen LogP contribution in [0.25, 0.3) is 6.08 Å². The molecule has 0 aliphatic carbocycles. The van der Waals surface area contributed by atoms with Crippen LogP contribution in [0, 0.1) is 11.3 Å². The summed E-state index contributed by atoms with van der Waals surface area (Å²) in [5.74, 6) is -0.694. The lowest BCUT2D eigenvalue weighted by molar-refractivity contribution is -0.137. The number of benzene rings is 1. The minimum absolute atomic E-state index is 0.137. The lowest BCUT2D eigenvalue weighted by atomic mass is 10.2. The maximum absolute atomic E-state index is 11.6. The Bertz CT molecular complexity index is 796. The normalized spacial score (nSPS) is 11.0. The van der Waals surface area contributed by atoms with Crippen LogP contribution in [-0.2, 0) is 9.53 Å². The van der Waals surface area contributed by atoms with Gasteiger partial charge in [0.2, 0.25) is 0 Å². The van der Waals surface area contributed by atoms with Crippen molar-refractivity contribution >= 4 is 57.4 Å². The average molecular weight is 368 g/mol. The van der Waals surface area contributed by atoms with Crippen LogP contribution in [0.15, 0.2) is 29.8 Å². The van der Waals surface area contributed by atoms with E-state index in [-0.39, 0.29) is 17.3 Å². The van der Waals surface area contributed by atoms with Gasteiger partial charge in [-0.05, 0) is 25.1 Å². The van der Waals surface area contributed by atoms with E-state index in [2.05, 4.69) is 10.3 Å². The second-order valence-corrected chi connectivity index (χ2v) is 5.97. The molecular formula is C15H11Cl2N3O2S. The molecule has 0 saturated carbocycles. The van der Waals surface area contributed by atoms with Gasteiger partial charge in [-0.2, -0.15) is 5.26 Å². The van der Waals surface area contributed by atoms with E-state index in [1.165, 1.54) is 17.4 Å². The number of thiazole rings is 1. The molecule has 5 nitrogen and oxygen atoms in total. The van der Waals surface area contributed by atoms with E-state index < -0.39 is 5.97 Å². The summed E-state index contributed by atoms with van der Waals surface area (Å²) >= 11 is 13.3. The molecule has 1 aromatic carbocycles. The third kappa shape index (κ3) is 4.45. The fourth-order valence-electron chi connectivity index (χ4n) is 1.61. The topological polar surface area (TPSA) is 75.0 Å². The zero-order chi connectivity index (χ0) is 16.8. The van der Waals surface area contributed by atoms with Crippen molar-refractivity contribution in [3.8, 4) is 6.07 Å². The van der Waals surface area contributed by atoms with E-state index in [4.69, 9.17) is 33.2 Å². The summed E-state index contributed by atoms with van der Waals surface area (Å²) in [4.78, 5) is 16.3. The predicted molar refractivity (Wildman–Crippen MR) is 92.1 cm³/mol. The van der Waals surface area contributed by atoms with Crippen molar-refractivity contribution in [1.82, 2.24) is 4.98 Å². The highest BCUT2D eigenvalue weighted by Crippen LogP contribution is 2.33. The van der Waals surface area contributed by atoms with Crippen molar-refractivity contribution in [2.24, 2.45) is 0 Å². The van der Waals surface area contributed by atoms with Crippen LogP contribution in [0.4, 0.5) is 10.8 Å². The van der Waals surface area contributed by atoms with E-state index in [1.54, 1.807) is 25.1 Å². The van der Waals surface area contributed by atoms with Gasteiger partial charge in [-0.1, -0.05) is 46.7 Å². The predicted octanol–water partition coefficient (Wildman–Crippen LogP) is 4.66. The number of para-hydroxylation sites is 1. The molecule has 0 fully saturated rings. The SMILES string of the molecule is CCOC(=O)/C(C#N)=C/c1sc(Nc2ccccc2Cl)nc1Cl. The number of aromatic nitrogens is 1. The Morgan fingerprint density at radius 2 is 2.22 bits per heavy atom. The van der Waals surface area contributed by atoms with Crippen molar-refractivity contribution in [3.63, 3.8) is 0 Å². The van der Waals surface area contributed by atoms with Gasteiger partial charge in [-0.3, -0.25) is 0 Å². The van der Waals surface area contributed by atoms with Gasteiger partial charge in [0.15, 0.2) is 5.13 Å². The summed E-state index contributed by atoms with van der Waals surface area (Å²) in [5.41, 5.74) is 0.544. The summed E-state index contributed by atoms with van der Waals surface area (Å²) in [7, 11) is 0. The van der Waals surface area contributed by atoms with Gasteiger partial charge < -0.3 is 10.1 Å². The summed E-state index contributed by atoms with van der Waals surface area (Å²) in [6.07, 6.45) is 1.36. The molecule has 2 aromatic rings. The summed E-state index contributed by atoms with van der Waals surface area (Å²) in [6.45, 7) is 1.85. The minimum atomic E-state index is -0.694. The smallest absolute Gasteiger partial charge is 0.348 e. The van der Waals surface area contributed by atoms with Crippen molar-refractivity contribution in [2.75, 3.05) is 11.9 Å². The summed E-state index contributed by atoms with van der Waals surface area (Å²) < 4.78 is 4.80. The van der Waals surface area contributed by atoms with Crippen molar-refractivity contribution in [2.45, 2.75) is 6.92 Å². The minimum Gasteiger partial charge on any atom is -0.462 e. The fraction of sp³-hybridized carbons (Fsp3) is 0.133. The lowest BCUT2D eigenvalue weighted by Gasteiger charge is -2.03. The molecule has 8 heteroatoms. The molecule has 0 amide bonds. The standard InChI is InChI=1S/C15H11Cl2N3O2S/c1-2-22-14(21)9(8-18)7-12-13(17)20-15(23-12)19-11-6-4-3-5-10(11)16/h3-7H,2H2,1H3,(H,19,20)/b9-7+. The van der Waals surface area contributed by atoms with Gasteiger partial charge in [-0.15, -0.1) is 0 Å². The molecule has 0 atom stereocenters. The largest absolute Gasteiger partial charge is 0.462 e. The number of carbonyl (C=O) groups excluding carboxylic acids is 1. The molecule has 1 N–H and O–H groups in total. The number of ether oxygens (including phenoxy) is 1. The molecule has 118 valence electrons. The van der Waals surface area contributed by atoms with E-state index in [0.29, 0.717) is 20.7 Å². The number of rotatable bonds is 5.